The van der Waals surface area contributed by atoms with Crippen LogP contribution in [0.25, 0.3) is 0 Å². The summed E-state index contributed by atoms with van der Waals surface area (Å²) in [5.74, 6) is -0.691. The molecule has 2 rings (SSSR count). The van der Waals surface area contributed by atoms with Crippen LogP contribution in [-0.2, 0) is 14.6 Å². The Bertz CT molecular complexity index is 519. The molecule has 8 heteroatoms. The molecule has 2 saturated heterocycles. The number of urea groups is 1. The summed E-state index contributed by atoms with van der Waals surface area (Å²) in [5.41, 5.74) is 0. The molecule has 2 fully saturated rings. The number of carbonyl (C=O) groups excluding carboxylic acids is 1. The van der Waals surface area contributed by atoms with Crippen molar-refractivity contribution in [2.45, 2.75) is 31.7 Å². The van der Waals surface area contributed by atoms with E-state index >= 15 is 0 Å². The van der Waals surface area contributed by atoms with E-state index in [0.29, 0.717) is 19.5 Å². The number of likely N-dealkylation sites (tertiary alicyclic amines) is 1. The highest BCUT2D eigenvalue weighted by molar-refractivity contribution is 7.91. The molecular formula is C13H22N2O5S. The molecule has 0 aromatic heterocycles. The van der Waals surface area contributed by atoms with Crippen molar-refractivity contribution in [3.63, 3.8) is 0 Å². The molecule has 2 aliphatic heterocycles. The lowest BCUT2D eigenvalue weighted by Gasteiger charge is -2.36. The van der Waals surface area contributed by atoms with Crippen LogP contribution < -0.4 is 0 Å². The predicted octanol–water partition coefficient (Wildman–Crippen LogP) is 0.412. The number of carbonyl (C=O) groups is 2. The zero-order chi connectivity index (χ0) is 15.6. The summed E-state index contributed by atoms with van der Waals surface area (Å²) in [6, 6.07) is -0.450. The molecule has 7 nitrogen and oxygen atoms in total. The largest absolute Gasteiger partial charge is 0.481 e. The Morgan fingerprint density at radius 2 is 2.05 bits per heavy atom. The van der Waals surface area contributed by atoms with Gasteiger partial charge in [-0.05, 0) is 25.2 Å². The molecule has 0 aliphatic carbocycles. The molecule has 0 aromatic carbocycles. The first-order valence-electron chi connectivity index (χ1n) is 7.22. The maximum absolute atomic E-state index is 12.4. The number of nitrogens with zero attached hydrogens (tertiary/aromatic N) is 2. The van der Waals surface area contributed by atoms with E-state index in [2.05, 4.69) is 0 Å². The topological polar surface area (TPSA) is 95.0 Å². The number of carboxylic acids is 1. The van der Waals surface area contributed by atoms with E-state index in [1.54, 1.807) is 11.9 Å². The Labute approximate surface area is 124 Å². The molecule has 2 heterocycles. The zero-order valence-electron chi connectivity index (χ0n) is 12.2. The van der Waals surface area contributed by atoms with Crippen LogP contribution in [0.1, 0.15) is 25.7 Å². The van der Waals surface area contributed by atoms with Crippen molar-refractivity contribution in [2.24, 2.45) is 5.92 Å². The van der Waals surface area contributed by atoms with Gasteiger partial charge in [0.05, 0.1) is 11.5 Å². The molecule has 2 amide bonds. The van der Waals surface area contributed by atoms with Gasteiger partial charge in [-0.15, -0.1) is 0 Å². The second-order valence-corrected chi connectivity index (χ2v) is 8.23. The summed E-state index contributed by atoms with van der Waals surface area (Å²) in [6.07, 6.45) is 2.17. The van der Waals surface area contributed by atoms with Crippen LogP contribution in [0.4, 0.5) is 4.79 Å². The van der Waals surface area contributed by atoms with Gasteiger partial charge in [0.1, 0.15) is 0 Å². The number of aliphatic carboxylic acids is 1. The second kappa shape index (κ2) is 6.21. The normalized spacial score (nSPS) is 28.3. The van der Waals surface area contributed by atoms with Gasteiger partial charge in [-0.2, -0.15) is 0 Å². The first-order chi connectivity index (χ1) is 9.78. The molecule has 2 atom stereocenters. The molecule has 1 N–H and O–H groups in total. The van der Waals surface area contributed by atoms with Gasteiger partial charge in [0, 0.05) is 32.6 Å². The number of carboxylic acid groups (broad SMARTS) is 1. The highest BCUT2D eigenvalue weighted by Gasteiger charge is 2.35. The van der Waals surface area contributed by atoms with Gasteiger partial charge >= 0.3 is 12.0 Å². The Hall–Kier alpha value is -1.31. The van der Waals surface area contributed by atoms with Gasteiger partial charge in [0.2, 0.25) is 0 Å². The van der Waals surface area contributed by atoms with E-state index in [1.807, 2.05) is 0 Å². The van der Waals surface area contributed by atoms with Crippen LogP contribution in [0, 0.1) is 5.92 Å². The van der Waals surface area contributed by atoms with Gasteiger partial charge in [-0.25, -0.2) is 13.2 Å². The fourth-order valence-corrected chi connectivity index (χ4v) is 4.89. The van der Waals surface area contributed by atoms with Crippen LogP contribution in [-0.4, -0.2) is 73.0 Å². The molecular weight excluding hydrogens is 296 g/mol. The number of amides is 2. The smallest absolute Gasteiger partial charge is 0.320 e. The minimum atomic E-state index is -3.02. The monoisotopic (exact) mass is 318 g/mol. The fraction of sp³-hybridized carbons (Fsp3) is 0.846. The molecule has 21 heavy (non-hydrogen) atoms. The first-order valence-corrected chi connectivity index (χ1v) is 9.04. The summed E-state index contributed by atoms with van der Waals surface area (Å²) >= 11 is 0. The number of hydrogen-bond donors (Lipinski definition) is 1. The Kier molecular flexibility index (Phi) is 4.75. The van der Waals surface area contributed by atoms with Crippen molar-refractivity contribution < 1.29 is 23.1 Å². The van der Waals surface area contributed by atoms with Gasteiger partial charge < -0.3 is 14.9 Å². The van der Waals surface area contributed by atoms with Crippen molar-refractivity contribution in [1.29, 1.82) is 0 Å². The molecule has 120 valence electrons. The lowest BCUT2D eigenvalue weighted by Crippen LogP contribution is -2.50. The zero-order valence-corrected chi connectivity index (χ0v) is 13.0. The summed E-state index contributed by atoms with van der Waals surface area (Å²) in [4.78, 5) is 26.4. The van der Waals surface area contributed by atoms with Crippen molar-refractivity contribution in [3.8, 4) is 0 Å². The number of piperidine rings is 1. The van der Waals surface area contributed by atoms with Crippen molar-refractivity contribution in [1.82, 2.24) is 9.80 Å². The highest BCUT2D eigenvalue weighted by atomic mass is 32.2. The summed E-state index contributed by atoms with van der Waals surface area (Å²) in [5, 5.41) is 8.85. The number of sulfone groups is 1. The fourth-order valence-electron chi connectivity index (χ4n) is 3.11. The van der Waals surface area contributed by atoms with E-state index in [-0.39, 0.29) is 35.9 Å². The van der Waals surface area contributed by atoms with Crippen LogP contribution in [0.5, 0.6) is 0 Å². The summed E-state index contributed by atoms with van der Waals surface area (Å²) < 4.78 is 23.0. The van der Waals surface area contributed by atoms with Gasteiger partial charge in [-0.3, -0.25) is 4.79 Å². The average Bonchev–Trinajstić information content (AvgIpc) is 2.77. The number of rotatable bonds is 3. The second-order valence-electron chi connectivity index (χ2n) is 6.00. The van der Waals surface area contributed by atoms with Gasteiger partial charge in [0.15, 0.2) is 9.84 Å². The Morgan fingerprint density at radius 1 is 1.33 bits per heavy atom. The molecule has 0 spiro atoms. The lowest BCUT2D eigenvalue weighted by molar-refractivity contribution is -0.138. The standard InChI is InChI=1S/C13H22N2O5S/c1-14(11-4-6-21(19,20)9-11)13(18)15-5-2-3-10(8-15)7-12(16)17/h10-11H,2-9H2,1H3,(H,16,17). The summed E-state index contributed by atoms with van der Waals surface area (Å²) in [6.45, 7) is 1.05. The first kappa shape index (κ1) is 16.1. The third-order valence-corrected chi connectivity index (χ3v) is 6.06. The van der Waals surface area contributed by atoms with Crippen LogP contribution in [0.3, 0.4) is 0 Å². The molecule has 0 radical (unpaired) electrons. The summed E-state index contributed by atoms with van der Waals surface area (Å²) in [7, 11) is -1.39. The average molecular weight is 318 g/mol. The third kappa shape index (κ3) is 4.09. The lowest BCUT2D eigenvalue weighted by atomic mass is 9.95. The number of hydrogen-bond acceptors (Lipinski definition) is 4. The van der Waals surface area contributed by atoms with E-state index in [9.17, 15) is 18.0 Å². The molecule has 0 aromatic rings. The predicted molar refractivity (Wildman–Crippen MR) is 76.8 cm³/mol. The van der Waals surface area contributed by atoms with Crippen molar-refractivity contribution in [3.05, 3.63) is 0 Å². The quantitative estimate of drug-likeness (QED) is 0.813. The van der Waals surface area contributed by atoms with Crippen molar-refractivity contribution in [2.75, 3.05) is 31.6 Å². The minimum Gasteiger partial charge on any atom is -0.481 e. The molecule has 2 aliphatic rings. The van der Waals surface area contributed by atoms with Crippen LogP contribution >= 0.6 is 0 Å². The Morgan fingerprint density at radius 3 is 2.62 bits per heavy atom. The highest BCUT2D eigenvalue weighted by Crippen LogP contribution is 2.23. The molecule has 0 bridgehead atoms. The van der Waals surface area contributed by atoms with Crippen LogP contribution in [0.15, 0.2) is 0 Å². The third-order valence-electron chi connectivity index (χ3n) is 4.31. The SMILES string of the molecule is CN(C(=O)N1CCCC(CC(=O)O)C1)C1CCS(=O)(=O)C1. The van der Waals surface area contributed by atoms with E-state index in [4.69, 9.17) is 5.11 Å². The van der Waals surface area contributed by atoms with E-state index in [1.165, 1.54) is 4.90 Å². The minimum absolute atomic E-state index is 0.0130. The maximum atomic E-state index is 12.4. The van der Waals surface area contributed by atoms with Gasteiger partial charge in [-0.1, -0.05) is 0 Å². The Balaban J connectivity index is 1.94. The van der Waals surface area contributed by atoms with Gasteiger partial charge in [0.25, 0.3) is 0 Å². The van der Waals surface area contributed by atoms with E-state index in [0.717, 1.165) is 12.8 Å². The molecule has 0 saturated carbocycles. The molecule has 2 unspecified atom stereocenters. The van der Waals surface area contributed by atoms with Crippen molar-refractivity contribution >= 4 is 21.8 Å². The van der Waals surface area contributed by atoms with Crippen LogP contribution in [0.2, 0.25) is 0 Å². The maximum Gasteiger partial charge on any atom is 0.320 e. The van der Waals surface area contributed by atoms with E-state index < -0.39 is 15.8 Å².